The van der Waals surface area contributed by atoms with E-state index in [-0.39, 0.29) is 0 Å². The minimum atomic E-state index is 0.686. The lowest BCUT2D eigenvalue weighted by Gasteiger charge is -2.19. The summed E-state index contributed by atoms with van der Waals surface area (Å²) in [6.07, 6.45) is 5.15. The predicted molar refractivity (Wildman–Crippen MR) is 84.2 cm³/mol. The number of nitrogens with one attached hydrogen (secondary N) is 1. The Kier molecular flexibility index (Phi) is 4.22. The van der Waals surface area contributed by atoms with E-state index in [9.17, 15) is 0 Å². The molecule has 1 aliphatic rings. The van der Waals surface area contributed by atoms with E-state index in [2.05, 4.69) is 54.8 Å². The average molecular weight is 269 g/mol. The average Bonchev–Trinajstić information content (AvgIpc) is 2.95. The molecule has 2 nitrogen and oxygen atoms in total. The summed E-state index contributed by atoms with van der Waals surface area (Å²) < 4.78 is 6.05. The predicted octanol–water partition coefficient (Wildman–Crippen LogP) is 4.00. The Hall–Kier alpha value is -1.54. The van der Waals surface area contributed by atoms with E-state index in [0.717, 1.165) is 24.7 Å². The summed E-state index contributed by atoms with van der Waals surface area (Å²) in [5.41, 5.74) is 0. The molecule has 0 radical (unpaired) electrons. The van der Waals surface area contributed by atoms with Crippen molar-refractivity contribution in [3.8, 4) is 5.75 Å². The molecule has 0 amide bonds. The molecule has 106 valence electrons. The summed E-state index contributed by atoms with van der Waals surface area (Å²) in [6, 6.07) is 15.4. The number of benzene rings is 2. The van der Waals surface area contributed by atoms with Crippen molar-refractivity contribution < 1.29 is 4.74 Å². The SMILES string of the molecule is CNC1CCCC1CCOc1cccc2ccccc12. The van der Waals surface area contributed by atoms with E-state index in [0.29, 0.717) is 6.04 Å². The van der Waals surface area contributed by atoms with E-state index >= 15 is 0 Å². The van der Waals surface area contributed by atoms with Crippen molar-refractivity contribution >= 4 is 10.8 Å². The maximum Gasteiger partial charge on any atom is 0.127 e. The molecule has 1 aliphatic carbocycles. The molecule has 2 atom stereocenters. The third kappa shape index (κ3) is 2.80. The first-order valence-electron chi connectivity index (χ1n) is 7.66. The van der Waals surface area contributed by atoms with Crippen LogP contribution in [0.15, 0.2) is 42.5 Å². The lowest BCUT2D eigenvalue weighted by molar-refractivity contribution is 0.266. The van der Waals surface area contributed by atoms with Crippen LogP contribution in [0, 0.1) is 5.92 Å². The van der Waals surface area contributed by atoms with Crippen molar-refractivity contribution in [1.82, 2.24) is 5.32 Å². The first-order chi connectivity index (χ1) is 9.88. The smallest absolute Gasteiger partial charge is 0.127 e. The number of hydrogen-bond donors (Lipinski definition) is 1. The van der Waals surface area contributed by atoms with Gasteiger partial charge in [0.2, 0.25) is 0 Å². The fourth-order valence-corrected chi connectivity index (χ4v) is 3.40. The van der Waals surface area contributed by atoms with Gasteiger partial charge in [-0.3, -0.25) is 0 Å². The number of hydrogen-bond acceptors (Lipinski definition) is 2. The first-order valence-corrected chi connectivity index (χ1v) is 7.66. The van der Waals surface area contributed by atoms with Gasteiger partial charge in [0, 0.05) is 11.4 Å². The van der Waals surface area contributed by atoms with Crippen LogP contribution in [0.5, 0.6) is 5.75 Å². The molecule has 2 unspecified atom stereocenters. The summed E-state index contributed by atoms with van der Waals surface area (Å²) in [7, 11) is 2.08. The van der Waals surface area contributed by atoms with Crippen LogP contribution in [0.2, 0.25) is 0 Å². The van der Waals surface area contributed by atoms with E-state index in [4.69, 9.17) is 4.74 Å². The van der Waals surface area contributed by atoms with Gasteiger partial charge in [-0.2, -0.15) is 0 Å². The third-order valence-electron chi connectivity index (χ3n) is 4.53. The number of rotatable bonds is 5. The van der Waals surface area contributed by atoms with E-state index in [1.807, 2.05) is 0 Å². The molecule has 2 aromatic rings. The van der Waals surface area contributed by atoms with Gasteiger partial charge in [-0.05, 0) is 43.7 Å². The quantitative estimate of drug-likeness (QED) is 0.886. The van der Waals surface area contributed by atoms with Crippen LogP contribution >= 0.6 is 0 Å². The van der Waals surface area contributed by atoms with E-state index < -0.39 is 0 Å². The lowest BCUT2D eigenvalue weighted by Crippen LogP contribution is -2.29. The van der Waals surface area contributed by atoms with Gasteiger partial charge < -0.3 is 10.1 Å². The highest BCUT2D eigenvalue weighted by Crippen LogP contribution is 2.29. The fraction of sp³-hybridized carbons (Fsp3) is 0.444. The maximum absolute atomic E-state index is 6.05. The van der Waals surface area contributed by atoms with Crippen LogP contribution < -0.4 is 10.1 Å². The van der Waals surface area contributed by atoms with Crippen molar-refractivity contribution in [1.29, 1.82) is 0 Å². The molecule has 0 saturated heterocycles. The van der Waals surface area contributed by atoms with Gasteiger partial charge in [0.05, 0.1) is 6.61 Å². The standard InChI is InChI=1S/C18H23NO/c1-19-17-10-4-8-15(17)12-13-20-18-11-5-7-14-6-2-3-9-16(14)18/h2-3,5-7,9,11,15,17,19H,4,8,10,12-13H2,1H3. The van der Waals surface area contributed by atoms with Crippen LogP contribution in [-0.4, -0.2) is 19.7 Å². The van der Waals surface area contributed by atoms with Gasteiger partial charge in [0.25, 0.3) is 0 Å². The molecular weight excluding hydrogens is 246 g/mol. The summed E-state index contributed by atoms with van der Waals surface area (Å²) in [6.45, 7) is 0.816. The molecule has 1 N–H and O–H groups in total. The Morgan fingerprint density at radius 3 is 2.85 bits per heavy atom. The maximum atomic E-state index is 6.05. The molecule has 0 aromatic heterocycles. The number of fused-ring (bicyclic) bond motifs is 1. The molecule has 2 heteroatoms. The normalized spacial score (nSPS) is 22.2. The van der Waals surface area contributed by atoms with E-state index in [1.165, 1.54) is 30.0 Å². The van der Waals surface area contributed by atoms with Gasteiger partial charge in [0.1, 0.15) is 5.75 Å². The monoisotopic (exact) mass is 269 g/mol. The Balaban J connectivity index is 1.63. The van der Waals surface area contributed by atoms with Gasteiger partial charge in [-0.1, -0.05) is 42.8 Å². The first kappa shape index (κ1) is 13.4. The van der Waals surface area contributed by atoms with Crippen LogP contribution in [0.25, 0.3) is 10.8 Å². The Morgan fingerprint density at radius 2 is 1.95 bits per heavy atom. The minimum absolute atomic E-state index is 0.686. The van der Waals surface area contributed by atoms with Gasteiger partial charge in [-0.15, -0.1) is 0 Å². The van der Waals surface area contributed by atoms with Crippen LogP contribution in [0.4, 0.5) is 0 Å². The summed E-state index contributed by atoms with van der Waals surface area (Å²) in [5, 5.41) is 5.90. The lowest BCUT2D eigenvalue weighted by atomic mass is 10.0. The summed E-state index contributed by atoms with van der Waals surface area (Å²) in [4.78, 5) is 0. The molecule has 3 rings (SSSR count). The topological polar surface area (TPSA) is 21.3 Å². The van der Waals surface area contributed by atoms with Crippen LogP contribution in [-0.2, 0) is 0 Å². The minimum Gasteiger partial charge on any atom is -0.493 e. The van der Waals surface area contributed by atoms with Gasteiger partial charge in [0.15, 0.2) is 0 Å². The molecule has 1 saturated carbocycles. The van der Waals surface area contributed by atoms with Crippen molar-refractivity contribution in [3.63, 3.8) is 0 Å². The zero-order chi connectivity index (χ0) is 13.8. The molecule has 0 spiro atoms. The van der Waals surface area contributed by atoms with Crippen molar-refractivity contribution in [2.24, 2.45) is 5.92 Å². The zero-order valence-electron chi connectivity index (χ0n) is 12.1. The molecule has 1 fully saturated rings. The highest BCUT2D eigenvalue weighted by molar-refractivity contribution is 5.88. The van der Waals surface area contributed by atoms with Crippen LogP contribution in [0.3, 0.4) is 0 Å². The summed E-state index contributed by atoms with van der Waals surface area (Å²) in [5.74, 6) is 1.79. The molecule has 2 aromatic carbocycles. The fourth-order valence-electron chi connectivity index (χ4n) is 3.40. The molecule has 0 bridgehead atoms. The van der Waals surface area contributed by atoms with Crippen molar-refractivity contribution in [3.05, 3.63) is 42.5 Å². The second kappa shape index (κ2) is 6.27. The summed E-state index contributed by atoms with van der Waals surface area (Å²) >= 11 is 0. The third-order valence-corrected chi connectivity index (χ3v) is 4.53. The van der Waals surface area contributed by atoms with E-state index in [1.54, 1.807) is 0 Å². The van der Waals surface area contributed by atoms with Crippen LogP contribution in [0.1, 0.15) is 25.7 Å². The largest absolute Gasteiger partial charge is 0.493 e. The zero-order valence-corrected chi connectivity index (χ0v) is 12.1. The molecule has 0 aliphatic heterocycles. The Bertz CT molecular complexity index is 561. The highest BCUT2D eigenvalue weighted by Gasteiger charge is 2.25. The van der Waals surface area contributed by atoms with Crippen molar-refractivity contribution in [2.75, 3.05) is 13.7 Å². The highest BCUT2D eigenvalue weighted by atomic mass is 16.5. The molecule has 20 heavy (non-hydrogen) atoms. The Labute approximate surface area is 121 Å². The van der Waals surface area contributed by atoms with Crippen molar-refractivity contribution in [2.45, 2.75) is 31.7 Å². The molecular formula is C18H23NO. The Morgan fingerprint density at radius 1 is 1.10 bits per heavy atom. The van der Waals surface area contributed by atoms with Gasteiger partial charge in [-0.25, -0.2) is 0 Å². The number of ether oxygens (including phenoxy) is 1. The van der Waals surface area contributed by atoms with Gasteiger partial charge >= 0.3 is 0 Å². The second-order valence-corrected chi connectivity index (χ2v) is 5.70. The second-order valence-electron chi connectivity index (χ2n) is 5.70. The molecule has 0 heterocycles.